The van der Waals surface area contributed by atoms with E-state index in [2.05, 4.69) is 11.8 Å². The molecule has 0 aliphatic carbocycles. The first-order valence-electron chi connectivity index (χ1n) is 4.69. The lowest BCUT2D eigenvalue weighted by atomic mass is 10.1. The number of methoxy groups -OCH3 is 1. The first-order chi connectivity index (χ1) is 5.88. The number of ether oxygens (including phenoxy) is 2. The second kappa shape index (κ2) is 5.51. The van der Waals surface area contributed by atoms with E-state index in [-0.39, 0.29) is 0 Å². The van der Waals surface area contributed by atoms with Crippen LogP contribution in [0.1, 0.15) is 19.8 Å². The summed E-state index contributed by atoms with van der Waals surface area (Å²) in [6.45, 7) is 5.81. The van der Waals surface area contributed by atoms with Gasteiger partial charge in [0.05, 0.1) is 6.73 Å². The van der Waals surface area contributed by atoms with E-state index in [0.717, 1.165) is 39.3 Å². The summed E-state index contributed by atoms with van der Waals surface area (Å²) in [6.07, 6.45) is 2.30. The second-order valence-corrected chi connectivity index (χ2v) is 3.17. The first kappa shape index (κ1) is 9.96. The molecule has 0 saturated carbocycles. The topological polar surface area (TPSA) is 21.7 Å². The Hall–Kier alpha value is -0.120. The largest absolute Gasteiger partial charge is 0.381 e. The highest BCUT2D eigenvalue weighted by molar-refractivity contribution is 4.71. The van der Waals surface area contributed by atoms with Gasteiger partial charge in [-0.3, -0.25) is 4.90 Å². The minimum Gasteiger partial charge on any atom is -0.381 e. The van der Waals surface area contributed by atoms with Crippen molar-refractivity contribution in [3.63, 3.8) is 0 Å². The molecular formula is C9H19NO2. The molecule has 0 bridgehead atoms. The maximum absolute atomic E-state index is 5.31. The van der Waals surface area contributed by atoms with Gasteiger partial charge in [-0.25, -0.2) is 0 Å². The molecule has 1 fully saturated rings. The summed E-state index contributed by atoms with van der Waals surface area (Å²) in [5.74, 6) is 0. The summed E-state index contributed by atoms with van der Waals surface area (Å²) < 4.78 is 10.4. The average Bonchev–Trinajstić information content (AvgIpc) is 2.15. The Balaban J connectivity index is 2.29. The van der Waals surface area contributed by atoms with Gasteiger partial charge in [0.15, 0.2) is 0 Å². The van der Waals surface area contributed by atoms with Gasteiger partial charge in [0.2, 0.25) is 0 Å². The molecule has 0 unspecified atom stereocenters. The van der Waals surface area contributed by atoms with Crippen molar-refractivity contribution in [1.29, 1.82) is 0 Å². The molecular weight excluding hydrogens is 154 g/mol. The van der Waals surface area contributed by atoms with Crippen LogP contribution in [-0.4, -0.2) is 44.5 Å². The minimum atomic E-state index is 0.670. The van der Waals surface area contributed by atoms with Crippen LogP contribution in [0.3, 0.4) is 0 Å². The van der Waals surface area contributed by atoms with E-state index in [1.807, 2.05) is 0 Å². The van der Waals surface area contributed by atoms with Crippen LogP contribution in [0.15, 0.2) is 0 Å². The van der Waals surface area contributed by atoms with Gasteiger partial charge < -0.3 is 9.47 Å². The highest BCUT2D eigenvalue weighted by Crippen LogP contribution is 2.13. The molecule has 1 aliphatic heterocycles. The Morgan fingerprint density at radius 2 is 2.08 bits per heavy atom. The molecule has 0 spiro atoms. The Morgan fingerprint density at radius 1 is 1.42 bits per heavy atom. The quantitative estimate of drug-likeness (QED) is 0.594. The van der Waals surface area contributed by atoms with Gasteiger partial charge in [-0.05, 0) is 19.4 Å². The van der Waals surface area contributed by atoms with Crippen LogP contribution in [0.4, 0.5) is 0 Å². The molecule has 0 amide bonds. The average molecular weight is 173 g/mol. The molecule has 72 valence electrons. The maximum atomic E-state index is 5.31. The molecule has 0 radical (unpaired) electrons. The van der Waals surface area contributed by atoms with Crippen molar-refractivity contribution in [2.75, 3.05) is 33.6 Å². The van der Waals surface area contributed by atoms with Crippen molar-refractivity contribution < 1.29 is 9.47 Å². The summed E-state index contributed by atoms with van der Waals surface area (Å²) in [5.41, 5.74) is 0. The van der Waals surface area contributed by atoms with Crippen molar-refractivity contribution >= 4 is 0 Å². The van der Waals surface area contributed by atoms with Gasteiger partial charge in [0, 0.05) is 26.4 Å². The van der Waals surface area contributed by atoms with Crippen molar-refractivity contribution in [3.05, 3.63) is 0 Å². The zero-order valence-corrected chi connectivity index (χ0v) is 8.08. The summed E-state index contributed by atoms with van der Waals surface area (Å²) in [6, 6.07) is 0.670. The Kier molecular flexibility index (Phi) is 4.58. The highest BCUT2D eigenvalue weighted by atomic mass is 16.5. The van der Waals surface area contributed by atoms with Crippen molar-refractivity contribution in [2.24, 2.45) is 0 Å². The molecule has 0 aromatic rings. The molecule has 3 heteroatoms. The second-order valence-electron chi connectivity index (χ2n) is 3.17. The third-order valence-corrected chi connectivity index (χ3v) is 2.41. The van der Waals surface area contributed by atoms with Crippen LogP contribution in [0.2, 0.25) is 0 Å². The molecule has 12 heavy (non-hydrogen) atoms. The third kappa shape index (κ3) is 2.73. The summed E-state index contributed by atoms with van der Waals surface area (Å²) in [4.78, 5) is 2.36. The van der Waals surface area contributed by atoms with Gasteiger partial charge in [-0.1, -0.05) is 6.92 Å². The molecule has 1 aliphatic rings. The monoisotopic (exact) mass is 173 g/mol. The van der Waals surface area contributed by atoms with Crippen molar-refractivity contribution in [3.8, 4) is 0 Å². The fourth-order valence-corrected chi connectivity index (χ4v) is 1.67. The highest BCUT2D eigenvalue weighted by Gasteiger charge is 2.19. The zero-order chi connectivity index (χ0) is 8.81. The summed E-state index contributed by atoms with van der Waals surface area (Å²) >= 11 is 0. The minimum absolute atomic E-state index is 0.670. The number of hydrogen-bond donors (Lipinski definition) is 0. The first-order valence-corrected chi connectivity index (χ1v) is 4.69. The number of hydrogen-bond acceptors (Lipinski definition) is 3. The van der Waals surface area contributed by atoms with E-state index >= 15 is 0 Å². The SMILES string of the molecule is CCN(COC)C1CCOCC1. The lowest BCUT2D eigenvalue weighted by Gasteiger charge is -2.32. The third-order valence-electron chi connectivity index (χ3n) is 2.41. The van der Waals surface area contributed by atoms with E-state index in [1.54, 1.807) is 7.11 Å². The van der Waals surface area contributed by atoms with Crippen LogP contribution in [0.5, 0.6) is 0 Å². The zero-order valence-electron chi connectivity index (χ0n) is 8.08. The Bertz CT molecular complexity index is 110. The number of nitrogens with zero attached hydrogens (tertiary/aromatic N) is 1. The lowest BCUT2D eigenvalue weighted by molar-refractivity contribution is -0.0137. The standard InChI is InChI=1S/C9H19NO2/c1-3-10(8-11-2)9-4-6-12-7-5-9/h9H,3-8H2,1-2H3. The Morgan fingerprint density at radius 3 is 2.58 bits per heavy atom. The smallest absolute Gasteiger partial charge is 0.0988 e. The fourth-order valence-electron chi connectivity index (χ4n) is 1.67. The molecule has 0 atom stereocenters. The van der Waals surface area contributed by atoms with Gasteiger partial charge in [0.25, 0.3) is 0 Å². The molecule has 3 nitrogen and oxygen atoms in total. The lowest BCUT2D eigenvalue weighted by Crippen LogP contribution is -2.40. The maximum Gasteiger partial charge on any atom is 0.0988 e. The van der Waals surface area contributed by atoms with Gasteiger partial charge in [-0.2, -0.15) is 0 Å². The van der Waals surface area contributed by atoms with Gasteiger partial charge in [0.1, 0.15) is 0 Å². The molecule has 1 rings (SSSR count). The van der Waals surface area contributed by atoms with E-state index < -0.39 is 0 Å². The van der Waals surface area contributed by atoms with E-state index in [4.69, 9.17) is 9.47 Å². The van der Waals surface area contributed by atoms with Gasteiger partial charge in [-0.15, -0.1) is 0 Å². The van der Waals surface area contributed by atoms with Crippen LogP contribution < -0.4 is 0 Å². The van der Waals surface area contributed by atoms with Crippen LogP contribution >= 0.6 is 0 Å². The van der Waals surface area contributed by atoms with Crippen LogP contribution in [0.25, 0.3) is 0 Å². The van der Waals surface area contributed by atoms with Crippen LogP contribution in [0, 0.1) is 0 Å². The van der Waals surface area contributed by atoms with E-state index in [9.17, 15) is 0 Å². The van der Waals surface area contributed by atoms with E-state index in [1.165, 1.54) is 0 Å². The normalized spacial score (nSPS) is 20.2. The molecule has 0 N–H and O–H groups in total. The summed E-state index contributed by atoms with van der Waals surface area (Å²) in [5, 5.41) is 0. The van der Waals surface area contributed by atoms with Crippen molar-refractivity contribution in [2.45, 2.75) is 25.8 Å². The Labute approximate surface area is 74.6 Å². The molecule has 0 aromatic carbocycles. The fraction of sp³-hybridized carbons (Fsp3) is 1.00. The molecule has 1 saturated heterocycles. The summed E-state index contributed by atoms with van der Waals surface area (Å²) in [7, 11) is 1.75. The molecule has 1 heterocycles. The number of rotatable bonds is 4. The predicted octanol–water partition coefficient (Wildman–Crippen LogP) is 1.09. The van der Waals surface area contributed by atoms with Crippen LogP contribution in [-0.2, 0) is 9.47 Å². The molecule has 0 aromatic heterocycles. The predicted molar refractivity (Wildman–Crippen MR) is 48.1 cm³/mol. The van der Waals surface area contributed by atoms with Gasteiger partial charge >= 0.3 is 0 Å². The van der Waals surface area contributed by atoms with E-state index in [0.29, 0.717) is 6.04 Å². The van der Waals surface area contributed by atoms with Crippen molar-refractivity contribution in [1.82, 2.24) is 4.90 Å².